The molecule has 4 rings (SSSR count). The normalized spacial score (nSPS) is 20.1. The Hall–Kier alpha value is -4.24. The molecule has 2 heterocycles. The molecule has 0 aliphatic carbocycles. The highest BCUT2D eigenvalue weighted by Gasteiger charge is 2.44. The number of carboxylic acids is 2. The molecular weight excluding hydrogens is 607 g/mol. The van der Waals surface area contributed by atoms with Crippen molar-refractivity contribution in [2.24, 2.45) is 17.4 Å². The summed E-state index contributed by atoms with van der Waals surface area (Å²) < 4.78 is 66.3. The van der Waals surface area contributed by atoms with E-state index < -0.39 is 56.9 Å². The first kappa shape index (κ1) is 34.3. The minimum Gasteiger partial charge on any atom is -0.478 e. The van der Waals surface area contributed by atoms with E-state index in [-0.39, 0.29) is 52.8 Å². The van der Waals surface area contributed by atoms with Crippen LogP contribution in [0.3, 0.4) is 0 Å². The third-order valence-corrected chi connectivity index (χ3v) is 9.35. The smallest absolute Gasteiger partial charge is 0.328 e. The Morgan fingerprint density at radius 2 is 1.50 bits per heavy atom. The number of nitrogens with zero attached hydrogens (tertiary/aromatic N) is 1. The second-order valence-corrected chi connectivity index (χ2v) is 12.7. The van der Waals surface area contributed by atoms with Crippen LogP contribution in [0.1, 0.15) is 48.0 Å². The van der Waals surface area contributed by atoms with E-state index in [9.17, 15) is 40.8 Å². The van der Waals surface area contributed by atoms with Gasteiger partial charge in [0.1, 0.15) is 5.82 Å². The molecule has 11 nitrogen and oxygen atoms in total. The van der Waals surface area contributed by atoms with Gasteiger partial charge < -0.3 is 26.6 Å². The van der Waals surface area contributed by atoms with Gasteiger partial charge in [0.25, 0.3) is 0 Å². The molecule has 15 heteroatoms. The van der Waals surface area contributed by atoms with E-state index in [0.717, 1.165) is 18.9 Å². The number of piperidine rings is 1. The molecule has 0 spiro atoms. The van der Waals surface area contributed by atoms with E-state index in [1.54, 1.807) is 4.90 Å². The monoisotopic (exact) mass is 639 g/mol. The summed E-state index contributed by atoms with van der Waals surface area (Å²) in [5.74, 6) is -7.19. The van der Waals surface area contributed by atoms with Crippen molar-refractivity contribution in [3.8, 4) is 0 Å². The Kier molecular flexibility index (Phi) is 11.3. The minimum absolute atomic E-state index is 0.0119. The highest BCUT2D eigenvalue weighted by Crippen LogP contribution is 2.40. The molecule has 2 aliphatic rings. The number of nitrogens with two attached hydrogens (primary N) is 2. The van der Waals surface area contributed by atoms with Gasteiger partial charge in [-0.25, -0.2) is 31.2 Å². The van der Waals surface area contributed by atoms with Crippen molar-refractivity contribution in [2.45, 2.75) is 61.5 Å². The number of carbonyl (C=O) groups is 4. The molecular formula is C29H32F3N3O8S. The number of aliphatic carboxylic acids is 2. The summed E-state index contributed by atoms with van der Waals surface area (Å²) in [7, 11) is -3.80. The van der Waals surface area contributed by atoms with Crippen molar-refractivity contribution in [3.63, 3.8) is 0 Å². The first-order valence-electron chi connectivity index (χ1n) is 13.6. The fraction of sp³-hybridized carbons (Fsp3) is 0.379. The van der Waals surface area contributed by atoms with E-state index in [1.165, 1.54) is 24.3 Å². The van der Waals surface area contributed by atoms with Crippen molar-refractivity contribution < 1.29 is 51.0 Å². The highest BCUT2D eigenvalue weighted by atomic mass is 32.2. The van der Waals surface area contributed by atoms with Gasteiger partial charge in [-0.1, -0.05) is 6.07 Å². The molecule has 2 amide bonds. The summed E-state index contributed by atoms with van der Waals surface area (Å²) in [6.07, 6.45) is 3.62. The zero-order valence-electron chi connectivity index (χ0n) is 23.4. The molecule has 2 saturated heterocycles. The van der Waals surface area contributed by atoms with Crippen LogP contribution in [0.5, 0.6) is 0 Å². The molecule has 6 N–H and O–H groups in total. The van der Waals surface area contributed by atoms with E-state index >= 15 is 0 Å². The average Bonchev–Trinajstić information content (AvgIpc) is 3.22. The second-order valence-electron chi connectivity index (χ2n) is 10.6. The van der Waals surface area contributed by atoms with Gasteiger partial charge in [-0.05, 0) is 67.9 Å². The molecule has 4 atom stereocenters. The molecule has 2 fully saturated rings. The fourth-order valence-electron chi connectivity index (χ4n) is 5.57. The van der Waals surface area contributed by atoms with Crippen LogP contribution in [-0.4, -0.2) is 71.2 Å². The summed E-state index contributed by atoms with van der Waals surface area (Å²) in [5, 5.41) is 15.6. The van der Waals surface area contributed by atoms with Gasteiger partial charge in [0.2, 0.25) is 11.8 Å². The SMILES string of the molecule is NC(=O)c1cccc(S(=O)(=O)CCC(=O)N2[C@@H]3CC[C@H]2C[C@H]([C@H](N)Cc2cc(F)c(F)cc2F)C3)c1.O=C(O)/C=C\C(=O)O. The number of hydrogen-bond acceptors (Lipinski definition) is 7. The maximum Gasteiger partial charge on any atom is 0.328 e. The van der Waals surface area contributed by atoms with Crippen LogP contribution in [0.2, 0.25) is 0 Å². The van der Waals surface area contributed by atoms with Crippen LogP contribution in [0.25, 0.3) is 0 Å². The molecule has 2 aromatic rings. The highest BCUT2D eigenvalue weighted by molar-refractivity contribution is 7.91. The number of sulfone groups is 1. The summed E-state index contributed by atoms with van der Waals surface area (Å²) in [6, 6.07) is 6.04. The van der Waals surface area contributed by atoms with Gasteiger partial charge in [0.15, 0.2) is 21.5 Å². The van der Waals surface area contributed by atoms with Crippen molar-refractivity contribution in [1.82, 2.24) is 4.90 Å². The molecule has 0 saturated carbocycles. The van der Waals surface area contributed by atoms with Crippen LogP contribution < -0.4 is 11.5 Å². The topological polar surface area (TPSA) is 198 Å². The molecule has 2 aromatic carbocycles. The predicted octanol–water partition coefficient (Wildman–Crippen LogP) is 2.42. The Bertz CT molecular complexity index is 1540. The lowest BCUT2D eigenvalue weighted by Gasteiger charge is -2.41. The van der Waals surface area contributed by atoms with Crippen molar-refractivity contribution in [2.75, 3.05) is 5.75 Å². The third kappa shape index (κ3) is 8.89. The second kappa shape index (κ2) is 14.5. The number of carboxylic acid groups (broad SMARTS) is 2. The number of rotatable bonds is 10. The number of primary amides is 1. The Balaban J connectivity index is 0.000000583. The Morgan fingerprint density at radius 3 is 2.05 bits per heavy atom. The van der Waals surface area contributed by atoms with Crippen molar-refractivity contribution >= 4 is 33.6 Å². The van der Waals surface area contributed by atoms with Crippen LogP contribution in [0.4, 0.5) is 13.2 Å². The molecule has 2 aliphatic heterocycles. The van der Waals surface area contributed by atoms with Crippen LogP contribution in [0, 0.1) is 23.4 Å². The summed E-state index contributed by atoms with van der Waals surface area (Å²) in [5.41, 5.74) is 11.6. The van der Waals surface area contributed by atoms with Gasteiger partial charge in [-0.2, -0.15) is 0 Å². The molecule has 44 heavy (non-hydrogen) atoms. The number of hydrogen-bond donors (Lipinski definition) is 4. The van der Waals surface area contributed by atoms with Gasteiger partial charge in [-0.15, -0.1) is 0 Å². The number of amides is 2. The van der Waals surface area contributed by atoms with Crippen LogP contribution >= 0.6 is 0 Å². The maximum absolute atomic E-state index is 14.1. The van der Waals surface area contributed by atoms with E-state index in [2.05, 4.69) is 0 Å². The number of fused-ring (bicyclic) bond motifs is 2. The molecule has 0 unspecified atom stereocenters. The zero-order valence-corrected chi connectivity index (χ0v) is 24.2. The van der Waals surface area contributed by atoms with Gasteiger partial charge in [-0.3, -0.25) is 9.59 Å². The summed E-state index contributed by atoms with van der Waals surface area (Å²) in [6.45, 7) is 0. The lowest BCUT2D eigenvalue weighted by atomic mass is 9.82. The van der Waals surface area contributed by atoms with Gasteiger partial charge in [0, 0.05) is 48.3 Å². The van der Waals surface area contributed by atoms with Crippen LogP contribution in [0.15, 0.2) is 53.4 Å². The van der Waals surface area contributed by atoms with E-state index in [1.807, 2.05) is 0 Å². The first-order chi connectivity index (χ1) is 20.6. The van der Waals surface area contributed by atoms with E-state index in [4.69, 9.17) is 21.7 Å². The number of halogens is 3. The standard InChI is InChI=1S/C25H28F3N3O4S.C4H4O4/c26-20-13-22(28)21(27)11-15(20)12-23(29)16-8-17-4-5-18(9-16)31(17)24(32)6-7-36(34,35)19-3-1-2-14(10-19)25(30)33;5-3(6)1-2-4(7)8/h1-3,10-11,13,16-18,23H,4-9,12,29H2,(H2,30,33);1-2H,(H,5,6)(H,7,8)/b;2-1-/t16-,17-,18+,23-;/m1./s1. The molecule has 0 radical (unpaired) electrons. The quantitative estimate of drug-likeness (QED) is 0.223. The molecule has 0 aromatic heterocycles. The average molecular weight is 640 g/mol. The Labute approximate surface area is 251 Å². The molecule has 238 valence electrons. The van der Waals surface area contributed by atoms with E-state index in [0.29, 0.717) is 31.1 Å². The largest absolute Gasteiger partial charge is 0.478 e. The molecule has 2 bridgehead atoms. The summed E-state index contributed by atoms with van der Waals surface area (Å²) >= 11 is 0. The third-order valence-electron chi connectivity index (χ3n) is 7.64. The van der Waals surface area contributed by atoms with Gasteiger partial charge in [0.05, 0.1) is 10.6 Å². The minimum atomic E-state index is -3.80. The summed E-state index contributed by atoms with van der Waals surface area (Å²) in [4.78, 5) is 45.2. The zero-order chi connectivity index (χ0) is 32.8. The lowest BCUT2D eigenvalue weighted by Crippen LogP contribution is -2.50. The number of benzene rings is 2. The predicted molar refractivity (Wildman–Crippen MR) is 150 cm³/mol. The van der Waals surface area contributed by atoms with Crippen LogP contribution in [-0.2, 0) is 30.6 Å². The lowest BCUT2D eigenvalue weighted by molar-refractivity contribution is -0.136. The van der Waals surface area contributed by atoms with Gasteiger partial charge >= 0.3 is 11.9 Å². The van der Waals surface area contributed by atoms with Crippen molar-refractivity contribution in [1.29, 1.82) is 0 Å². The first-order valence-corrected chi connectivity index (χ1v) is 15.2. The van der Waals surface area contributed by atoms with Crippen molar-refractivity contribution in [3.05, 3.63) is 77.1 Å². The fourth-order valence-corrected chi connectivity index (χ4v) is 6.84. The Morgan fingerprint density at radius 1 is 0.932 bits per heavy atom. The number of carbonyl (C=O) groups excluding carboxylic acids is 2. The maximum atomic E-state index is 14.1.